The third-order valence-corrected chi connectivity index (χ3v) is 10.2. The molecule has 0 radical (unpaired) electrons. The molecule has 1 saturated heterocycles. The van der Waals surface area contributed by atoms with Crippen molar-refractivity contribution >= 4 is 46.5 Å². The van der Waals surface area contributed by atoms with Crippen LogP contribution in [-0.2, 0) is 27.2 Å². The van der Waals surface area contributed by atoms with Crippen LogP contribution in [0.15, 0.2) is 67.0 Å². The van der Waals surface area contributed by atoms with Gasteiger partial charge in [0.1, 0.15) is 22.8 Å². The number of aromatic nitrogens is 1. The van der Waals surface area contributed by atoms with Gasteiger partial charge in [-0.15, -0.1) is 11.3 Å². The highest BCUT2D eigenvalue weighted by molar-refractivity contribution is 7.13. The van der Waals surface area contributed by atoms with Crippen LogP contribution >= 0.6 is 34.5 Å². The summed E-state index contributed by atoms with van der Waals surface area (Å²) >= 11 is 14.1. The van der Waals surface area contributed by atoms with Gasteiger partial charge in [-0.1, -0.05) is 47.5 Å². The van der Waals surface area contributed by atoms with Gasteiger partial charge in [0.05, 0.1) is 30.9 Å². The van der Waals surface area contributed by atoms with E-state index >= 15 is 0 Å². The molecule has 2 atom stereocenters. The number of hydrogen-bond donors (Lipinski definition) is 1. The molecule has 1 unspecified atom stereocenters. The Hall–Kier alpha value is -3.74. The van der Waals surface area contributed by atoms with E-state index in [0.717, 1.165) is 30.8 Å². The number of carbonyl (C=O) groups is 2. The van der Waals surface area contributed by atoms with Crippen molar-refractivity contribution in [2.24, 2.45) is 5.92 Å². The average Bonchev–Trinajstić information content (AvgIpc) is 3.59. The first-order valence-corrected chi connectivity index (χ1v) is 17.4. The topological polar surface area (TPSA) is 99.2 Å². The molecule has 49 heavy (non-hydrogen) atoms. The smallest absolute Gasteiger partial charge is 0.348 e. The number of rotatable bonds is 14. The van der Waals surface area contributed by atoms with Gasteiger partial charge in [0.15, 0.2) is 11.5 Å². The minimum atomic E-state index is -1.03. The Kier molecular flexibility index (Phi) is 12.9. The Morgan fingerprint density at radius 1 is 1.02 bits per heavy atom. The molecule has 9 nitrogen and oxygen atoms in total. The van der Waals surface area contributed by atoms with Crippen molar-refractivity contribution in [3.8, 4) is 11.5 Å². The zero-order chi connectivity index (χ0) is 34.9. The maximum atomic E-state index is 14.9. The molecule has 1 fully saturated rings. The normalized spacial score (nSPS) is 15.0. The van der Waals surface area contributed by atoms with Gasteiger partial charge in [0, 0.05) is 35.8 Å². The molecule has 4 aromatic rings. The van der Waals surface area contributed by atoms with Crippen LogP contribution in [0.25, 0.3) is 0 Å². The van der Waals surface area contributed by atoms with E-state index in [1.807, 2.05) is 0 Å². The van der Waals surface area contributed by atoms with Gasteiger partial charge < -0.3 is 23.8 Å². The van der Waals surface area contributed by atoms with Crippen molar-refractivity contribution in [3.05, 3.63) is 109 Å². The molecule has 1 aliphatic rings. The number of benzene rings is 2. The summed E-state index contributed by atoms with van der Waals surface area (Å²) in [7, 11) is 5.13. The predicted molar refractivity (Wildman–Crippen MR) is 187 cm³/mol. The largest absolute Gasteiger partial charge is 0.493 e. The van der Waals surface area contributed by atoms with E-state index in [9.17, 15) is 14.0 Å². The zero-order valence-electron chi connectivity index (χ0n) is 27.4. The Labute approximate surface area is 299 Å². The van der Waals surface area contributed by atoms with Crippen LogP contribution in [0.5, 0.6) is 11.5 Å². The van der Waals surface area contributed by atoms with Crippen LogP contribution < -0.4 is 14.8 Å². The molecule has 2 aromatic heterocycles. The average molecular weight is 731 g/mol. The maximum absolute atomic E-state index is 14.9. The minimum Gasteiger partial charge on any atom is -0.493 e. The fourth-order valence-corrected chi connectivity index (χ4v) is 6.97. The summed E-state index contributed by atoms with van der Waals surface area (Å²) in [5.74, 6) is -0.382. The number of methoxy groups -OCH3 is 2. The number of piperidine rings is 1. The first-order valence-electron chi connectivity index (χ1n) is 15.8. The quantitative estimate of drug-likeness (QED) is 0.133. The summed E-state index contributed by atoms with van der Waals surface area (Å²) in [5.41, 5.74) is 1.40. The van der Waals surface area contributed by atoms with Gasteiger partial charge in [-0.2, -0.15) is 0 Å². The first-order chi connectivity index (χ1) is 23.7. The summed E-state index contributed by atoms with van der Waals surface area (Å²) in [6.45, 7) is 2.36. The Balaban J connectivity index is 1.30. The van der Waals surface area contributed by atoms with Gasteiger partial charge in [-0.25, -0.2) is 14.0 Å². The number of esters is 2. The molecule has 0 bridgehead atoms. The number of ether oxygens (including phenoxy) is 4. The molecule has 13 heteroatoms. The fraction of sp³-hybridized carbons (Fsp3) is 0.361. The third kappa shape index (κ3) is 9.49. The van der Waals surface area contributed by atoms with Crippen LogP contribution in [0.3, 0.4) is 0 Å². The number of nitrogens with one attached hydrogen (secondary N) is 1. The highest BCUT2D eigenvalue weighted by atomic mass is 35.5. The van der Waals surface area contributed by atoms with Gasteiger partial charge in [-0.05, 0) is 80.4 Å². The summed E-state index contributed by atoms with van der Waals surface area (Å²) < 4.78 is 37.5. The number of pyridine rings is 1. The lowest BCUT2D eigenvalue weighted by atomic mass is 9.98. The molecule has 1 N–H and O–H groups in total. The van der Waals surface area contributed by atoms with Gasteiger partial charge in [-0.3, -0.25) is 10.3 Å². The van der Waals surface area contributed by atoms with Crippen LogP contribution in [0.4, 0.5) is 4.39 Å². The Bertz CT molecular complexity index is 1730. The van der Waals surface area contributed by atoms with Crippen LogP contribution in [0, 0.1) is 11.7 Å². The monoisotopic (exact) mass is 729 g/mol. The van der Waals surface area contributed by atoms with E-state index in [2.05, 4.69) is 22.2 Å². The van der Waals surface area contributed by atoms with Crippen LogP contribution in [0.2, 0.25) is 10.0 Å². The van der Waals surface area contributed by atoms with Gasteiger partial charge in [0.25, 0.3) is 0 Å². The molecule has 5 rings (SSSR count). The minimum absolute atomic E-state index is 0.172. The summed E-state index contributed by atoms with van der Waals surface area (Å²) in [6.07, 6.45) is 4.21. The van der Waals surface area contributed by atoms with Gasteiger partial charge in [0.2, 0.25) is 0 Å². The number of hydrogen-bond acceptors (Lipinski definition) is 10. The number of carbonyl (C=O) groups excluding carboxylic acids is 2. The zero-order valence-corrected chi connectivity index (χ0v) is 29.7. The molecular formula is C36H38Cl2FN3O6S. The summed E-state index contributed by atoms with van der Waals surface area (Å²) in [5, 5.41) is 3.83. The van der Waals surface area contributed by atoms with Crippen molar-refractivity contribution in [2.45, 2.75) is 38.0 Å². The Morgan fingerprint density at radius 2 is 1.73 bits per heavy atom. The van der Waals surface area contributed by atoms with Crippen molar-refractivity contribution < 1.29 is 32.9 Å². The highest BCUT2D eigenvalue weighted by Crippen LogP contribution is 2.36. The highest BCUT2D eigenvalue weighted by Gasteiger charge is 2.28. The molecule has 3 heterocycles. The number of halogens is 3. The van der Waals surface area contributed by atoms with Gasteiger partial charge >= 0.3 is 11.9 Å². The van der Waals surface area contributed by atoms with E-state index in [-0.39, 0.29) is 31.1 Å². The maximum Gasteiger partial charge on any atom is 0.348 e. The number of nitrogens with zero attached hydrogens (tertiary/aromatic N) is 2. The predicted octanol–water partition coefficient (Wildman–Crippen LogP) is 7.46. The second-order valence-electron chi connectivity index (χ2n) is 11.8. The lowest BCUT2D eigenvalue weighted by molar-refractivity contribution is -0.148. The van der Waals surface area contributed by atoms with E-state index in [4.69, 9.17) is 42.1 Å². The molecule has 260 valence electrons. The fourth-order valence-electron chi connectivity index (χ4n) is 5.61. The molecule has 0 amide bonds. The van der Waals surface area contributed by atoms with Crippen molar-refractivity contribution in [1.82, 2.24) is 15.2 Å². The van der Waals surface area contributed by atoms with Crippen molar-refractivity contribution in [1.29, 1.82) is 0 Å². The SMILES string of the molecule is COc1ccc([C@H](Cc2c(Cl)cncc2Cl)OC(=O)c2ccc(CNC(C(=O)OCC3CCN(C)CC3)c3ccccc3F)s2)cc1OC. The summed E-state index contributed by atoms with van der Waals surface area (Å²) in [4.78, 5) is 34.2. The Morgan fingerprint density at radius 3 is 2.43 bits per heavy atom. The van der Waals surface area contributed by atoms with E-state index in [1.165, 1.54) is 44.0 Å². The van der Waals surface area contributed by atoms with E-state index in [1.54, 1.807) is 48.5 Å². The van der Waals surface area contributed by atoms with Crippen LogP contribution in [-0.4, -0.2) is 62.8 Å². The molecule has 2 aromatic carbocycles. The molecular weight excluding hydrogens is 692 g/mol. The lowest BCUT2D eigenvalue weighted by Gasteiger charge is -2.29. The molecule has 0 aliphatic carbocycles. The molecule has 1 aliphatic heterocycles. The summed E-state index contributed by atoms with van der Waals surface area (Å²) in [6, 6.07) is 13.8. The first kappa shape index (κ1) is 36.5. The van der Waals surface area contributed by atoms with Crippen LogP contribution in [0.1, 0.15) is 56.2 Å². The number of thiophene rings is 1. The third-order valence-electron chi connectivity index (χ3n) is 8.47. The lowest BCUT2D eigenvalue weighted by Crippen LogP contribution is -2.35. The second-order valence-corrected chi connectivity index (χ2v) is 13.8. The number of likely N-dealkylation sites (tertiary alicyclic amines) is 1. The van der Waals surface area contributed by atoms with E-state index in [0.29, 0.717) is 37.5 Å². The van der Waals surface area contributed by atoms with Crippen molar-refractivity contribution in [2.75, 3.05) is 41.0 Å². The molecule has 0 spiro atoms. The van der Waals surface area contributed by atoms with Crippen molar-refractivity contribution in [3.63, 3.8) is 0 Å². The molecule has 0 saturated carbocycles. The van der Waals surface area contributed by atoms with E-state index < -0.39 is 29.9 Å². The standard InChI is InChI=1S/C36H38Cl2FN3O6S/c1-42-14-12-22(13-15-42)21-47-36(44)34(25-6-4-5-7-29(25)39)41-18-24-9-11-33(49-24)35(43)48-31(17-26-27(37)19-40-20-28(26)38)23-8-10-30(45-2)32(16-23)46-3/h4-11,16,19-20,22,31,34,41H,12-15,17-18,21H2,1-3H3/t31-,34?/m0/s1. The second kappa shape index (κ2) is 17.3.